The van der Waals surface area contributed by atoms with Crippen molar-refractivity contribution in [2.75, 3.05) is 13.7 Å². The average Bonchev–Trinajstić information content (AvgIpc) is 2.52. The van der Waals surface area contributed by atoms with Crippen LogP contribution in [-0.4, -0.2) is 24.7 Å². The van der Waals surface area contributed by atoms with Gasteiger partial charge in [-0.3, -0.25) is 4.79 Å². The molecule has 22 heavy (non-hydrogen) atoms. The van der Waals surface area contributed by atoms with Crippen LogP contribution in [0.4, 0.5) is 0 Å². The fourth-order valence-corrected chi connectivity index (χ4v) is 1.97. The number of carbonyl (C=O) groups is 1. The summed E-state index contributed by atoms with van der Waals surface area (Å²) in [6, 6.07) is 8.58. The number of fused-ring (bicyclic) bond motifs is 1. The molecule has 0 bridgehead atoms. The first-order chi connectivity index (χ1) is 10.6. The number of aromatic nitrogens is 1. The smallest absolute Gasteiger partial charge is 0.348 e. The summed E-state index contributed by atoms with van der Waals surface area (Å²) in [5.41, 5.74) is 0.201. The van der Waals surface area contributed by atoms with Gasteiger partial charge in [-0.05, 0) is 37.3 Å². The summed E-state index contributed by atoms with van der Waals surface area (Å²) in [6.45, 7) is 2.41. The van der Waals surface area contributed by atoms with Gasteiger partial charge in [0.1, 0.15) is 17.4 Å². The maximum absolute atomic E-state index is 12.0. The topological polar surface area (TPSA) is 92.2 Å². The molecule has 1 heterocycles. The molecule has 0 amide bonds. The van der Waals surface area contributed by atoms with Crippen LogP contribution < -0.4 is 10.3 Å². The SMILES string of the molecule is CCOc1ccc2[nH]c(=O)c(/C=C(\C#N)C(=O)OC)cc2c1. The first-order valence-electron chi connectivity index (χ1n) is 6.59. The largest absolute Gasteiger partial charge is 0.494 e. The molecule has 0 saturated heterocycles. The standard InChI is InChI=1S/C16H14N2O4/c1-3-22-13-4-5-14-10(8-13)6-11(15(19)18-14)7-12(9-17)16(20)21-2/h4-8H,3H2,1-2H3,(H,18,19)/b12-7+. The molecule has 2 rings (SSSR count). The predicted octanol–water partition coefficient (Wildman–Crippen LogP) is 2.01. The minimum atomic E-state index is -0.787. The van der Waals surface area contributed by atoms with Crippen molar-refractivity contribution in [1.29, 1.82) is 5.26 Å². The first kappa shape index (κ1) is 15.3. The van der Waals surface area contributed by atoms with Crippen molar-refractivity contribution < 1.29 is 14.3 Å². The van der Waals surface area contributed by atoms with Crippen molar-refractivity contribution in [3.63, 3.8) is 0 Å². The highest BCUT2D eigenvalue weighted by Gasteiger charge is 2.10. The number of rotatable bonds is 4. The zero-order chi connectivity index (χ0) is 16.1. The zero-order valence-corrected chi connectivity index (χ0v) is 12.2. The molecule has 0 fully saturated rings. The van der Waals surface area contributed by atoms with Gasteiger partial charge in [0.15, 0.2) is 0 Å². The first-order valence-corrected chi connectivity index (χ1v) is 6.59. The molecule has 0 aliphatic rings. The lowest BCUT2D eigenvalue weighted by atomic mass is 10.1. The summed E-state index contributed by atoms with van der Waals surface area (Å²) < 4.78 is 9.90. The van der Waals surface area contributed by atoms with Crippen molar-refractivity contribution in [1.82, 2.24) is 4.98 Å². The van der Waals surface area contributed by atoms with Gasteiger partial charge in [-0.25, -0.2) is 4.79 Å². The number of nitriles is 1. The molecule has 0 atom stereocenters. The van der Waals surface area contributed by atoms with Gasteiger partial charge >= 0.3 is 5.97 Å². The minimum Gasteiger partial charge on any atom is -0.494 e. The molecule has 0 radical (unpaired) electrons. The molecule has 2 aromatic rings. The van der Waals surface area contributed by atoms with Crippen LogP contribution in [0.2, 0.25) is 0 Å². The lowest BCUT2D eigenvalue weighted by molar-refractivity contribution is -0.135. The molecular weight excluding hydrogens is 284 g/mol. The second-order valence-electron chi connectivity index (χ2n) is 4.40. The number of benzene rings is 1. The Morgan fingerprint density at radius 3 is 2.82 bits per heavy atom. The highest BCUT2D eigenvalue weighted by Crippen LogP contribution is 2.20. The summed E-state index contributed by atoms with van der Waals surface area (Å²) in [4.78, 5) is 26.1. The van der Waals surface area contributed by atoms with E-state index in [1.165, 1.54) is 13.2 Å². The third-order valence-corrected chi connectivity index (χ3v) is 2.98. The monoisotopic (exact) mass is 298 g/mol. The molecule has 0 aliphatic heterocycles. The van der Waals surface area contributed by atoms with Gasteiger partial charge in [-0.1, -0.05) is 0 Å². The number of hydrogen-bond acceptors (Lipinski definition) is 5. The number of hydrogen-bond donors (Lipinski definition) is 1. The van der Waals surface area contributed by atoms with E-state index in [4.69, 9.17) is 10.00 Å². The molecule has 1 aromatic heterocycles. The van der Waals surface area contributed by atoms with Crippen molar-refractivity contribution in [3.8, 4) is 11.8 Å². The summed E-state index contributed by atoms with van der Waals surface area (Å²) in [6.07, 6.45) is 1.21. The third-order valence-electron chi connectivity index (χ3n) is 2.98. The molecule has 0 aliphatic carbocycles. The van der Waals surface area contributed by atoms with Gasteiger partial charge in [0.05, 0.1) is 13.7 Å². The Bertz CT molecular complexity index is 843. The lowest BCUT2D eigenvalue weighted by Gasteiger charge is -2.05. The Balaban J connectivity index is 2.57. The van der Waals surface area contributed by atoms with Crippen molar-refractivity contribution >= 4 is 22.9 Å². The number of nitrogens with one attached hydrogen (secondary N) is 1. The van der Waals surface area contributed by atoms with Gasteiger partial charge in [0, 0.05) is 16.5 Å². The normalized spacial score (nSPS) is 11.0. The van der Waals surface area contributed by atoms with Crippen molar-refractivity contribution in [2.24, 2.45) is 0 Å². The van der Waals surface area contributed by atoms with Gasteiger partial charge in [-0.15, -0.1) is 0 Å². The van der Waals surface area contributed by atoms with E-state index >= 15 is 0 Å². The summed E-state index contributed by atoms with van der Waals surface area (Å²) >= 11 is 0. The molecular formula is C16H14N2O4. The number of esters is 1. The van der Waals surface area contributed by atoms with Crippen LogP contribution in [-0.2, 0) is 9.53 Å². The molecule has 0 saturated carbocycles. The van der Waals surface area contributed by atoms with Crippen LogP contribution in [0.1, 0.15) is 12.5 Å². The van der Waals surface area contributed by atoms with E-state index in [1.807, 2.05) is 6.92 Å². The molecule has 1 N–H and O–H groups in total. The number of aromatic amines is 1. The Hall–Kier alpha value is -3.07. The van der Waals surface area contributed by atoms with Crippen LogP contribution in [0.25, 0.3) is 17.0 Å². The lowest BCUT2D eigenvalue weighted by Crippen LogP contribution is -2.11. The van der Waals surface area contributed by atoms with Gasteiger partial charge in [-0.2, -0.15) is 5.26 Å². The third kappa shape index (κ3) is 3.15. The Morgan fingerprint density at radius 2 is 2.18 bits per heavy atom. The van der Waals surface area contributed by atoms with E-state index in [-0.39, 0.29) is 11.1 Å². The molecule has 6 heteroatoms. The summed E-state index contributed by atoms with van der Waals surface area (Å²) in [7, 11) is 1.17. The number of carbonyl (C=O) groups excluding carboxylic acids is 1. The van der Waals surface area contributed by atoms with E-state index in [1.54, 1.807) is 30.3 Å². The highest BCUT2D eigenvalue weighted by molar-refractivity contribution is 5.98. The Morgan fingerprint density at radius 1 is 1.41 bits per heavy atom. The van der Waals surface area contributed by atoms with Gasteiger partial charge in [0.2, 0.25) is 0 Å². The fourth-order valence-electron chi connectivity index (χ4n) is 1.97. The maximum Gasteiger partial charge on any atom is 0.348 e. The minimum absolute atomic E-state index is 0.197. The van der Waals surface area contributed by atoms with Crippen molar-refractivity contribution in [3.05, 3.63) is 45.8 Å². The Kier molecular flexibility index (Phi) is 4.59. The number of ether oxygens (including phenoxy) is 2. The maximum atomic E-state index is 12.0. The molecule has 1 aromatic carbocycles. The van der Waals surface area contributed by atoms with E-state index in [2.05, 4.69) is 9.72 Å². The molecule has 6 nitrogen and oxygen atoms in total. The van der Waals surface area contributed by atoms with Gasteiger partial charge < -0.3 is 14.5 Å². The van der Waals surface area contributed by atoms with Crippen LogP contribution in [0.15, 0.2) is 34.6 Å². The number of pyridine rings is 1. The van der Waals surface area contributed by atoms with E-state index in [0.29, 0.717) is 17.9 Å². The summed E-state index contributed by atoms with van der Waals surface area (Å²) in [5, 5.41) is 9.69. The average molecular weight is 298 g/mol. The van der Waals surface area contributed by atoms with E-state index in [0.717, 1.165) is 5.39 Å². The number of methoxy groups -OCH3 is 1. The van der Waals surface area contributed by atoms with Crippen LogP contribution in [0.3, 0.4) is 0 Å². The molecule has 0 unspecified atom stereocenters. The number of nitrogens with zero attached hydrogens (tertiary/aromatic N) is 1. The number of H-pyrrole nitrogens is 1. The summed E-state index contributed by atoms with van der Waals surface area (Å²) in [5.74, 6) is -0.115. The second kappa shape index (κ2) is 6.59. The second-order valence-corrected chi connectivity index (χ2v) is 4.40. The van der Waals surface area contributed by atoms with Crippen LogP contribution >= 0.6 is 0 Å². The van der Waals surface area contributed by atoms with Crippen LogP contribution in [0, 0.1) is 11.3 Å². The van der Waals surface area contributed by atoms with Crippen molar-refractivity contribution in [2.45, 2.75) is 6.92 Å². The molecule has 112 valence electrons. The van der Waals surface area contributed by atoms with Crippen LogP contribution in [0.5, 0.6) is 5.75 Å². The van der Waals surface area contributed by atoms with E-state index < -0.39 is 11.5 Å². The highest BCUT2D eigenvalue weighted by atomic mass is 16.5. The van der Waals surface area contributed by atoms with E-state index in [9.17, 15) is 9.59 Å². The van der Waals surface area contributed by atoms with Gasteiger partial charge in [0.25, 0.3) is 5.56 Å². The molecule has 0 spiro atoms. The quantitative estimate of drug-likeness (QED) is 0.529. The Labute approximate surface area is 126 Å². The predicted molar refractivity (Wildman–Crippen MR) is 81.3 cm³/mol. The fraction of sp³-hybridized carbons (Fsp3) is 0.188. The zero-order valence-electron chi connectivity index (χ0n) is 12.2.